The lowest BCUT2D eigenvalue weighted by Crippen LogP contribution is -2.32. The van der Waals surface area contributed by atoms with Gasteiger partial charge < -0.3 is 15.0 Å². The molecule has 1 heterocycles. The predicted molar refractivity (Wildman–Crippen MR) is 102 cm³/mol. The Balaban J connectivity index is 1.44. The molecule has 0 aromatic heterocycles. The second-order valence-electron chi connectivity index (χ2n) is 6.68. The Morgan fingerprint density at radius 2 is 1.76 bits per heavy atom. The third-order valence-electron chi connectivity index (χ3n) is 4.64. The quantitative estimate of drug-likeness (QED) is 0.852. The highest BCUT2D eigenvalue weighted by atomic mass is 16.5. The molecule has 1 fully saturated rings. The number of carbonyl (C=O) groups is 1. The van der Waals surface area contributed by atoms with Gasteiger partial charge in [-0.05, 0) is 55.2 Å². The largest absolute Gasteiger partial charge is 0.493 e. The third-order valence-corrected chi connectivity index (χ3v) is 4.64. The predicted octanol–water partition coefficient (Wildman–Crippen LogP) is 4.33. The molecule has 0 bridgehead atoms. The van der Waals surface area contributed by atoms with Gasteiger partial charge in [-0.25, -0.2) is 0 Å². The molecule has 0 unspecified atom stereocenters. The van der Waals surface area contributed by atoms with Crippen LogP contribution in [0.25, 0.3) is 0 Å². The van der Waals surface area contributed by atoms with Crippen molar-refractivity contribution in [1.29, 1.82) is 0 Å². The zero-order valence-corrected chi connectivity index (χ0v) is 14.8. The Hall–Kier alpha value is -2.49. The fraction of sp³-hybridized carbons (Fsp3) is 0.381. The molecule has 4 nitrogen and oxygen atoms in total. The number of carbonyl (C=O) groups excluding carboxylic acids is 1. The van der Waals surface area contributed by atoms with Crippen LogP contribution in [0.4, 0.5) is 11.4 Å². The van der Waals surface area contributed by atoms with Gasteiger partial charge in [0.05, 0.1) is 13.0 Å². The standard InChI is InChI=1S/C21H26N2O2/c1-17-11-14-23(15-12-17)19-9-7-18(8-10-19)22-21(24)13-16-25-20-5-3-2-4-6-20/h2-10,17H,11-16H2,1H3,(H,22,24). The maximum atomic E-state index is 12.0. The van der Waals surface area contributed by atoms with Crippen LogP contribution in [-0.4, -0.2) is 25.6 Å². The summed E-state index contributed by atoms with van der Waals surface area (Å²) in [5, 5.41) is 2.93. The zero-order valence-electron chi connectivity index (χ0n) is 14.8. The Labute approximate surface area is 149 Å². The number of hydrogen-bond acceptors (Lipinski definition) is 3. The van der Waals surface area contributed by atoms with Crippen LogP contribution in [0.1, 0.15) is 26.2 Å². The molecule has 1 aliphatic rings. The van der Waals surface area contributed by atoms with E-state index in [0.29, 0.717) is 13.0 Å². The summed E-state index contributed by atoms with van der Waals surface area (Å²) in [6.07, 6.45) is 2.83. The molecule has 132 valence electrons. The fourth-order valence-electron chi connectivity index (χ4n) is 3.02. The van der Waals surface area contributed by atoms with Gasteiger partial charge >= 0.3 is 0 Å². The molecule has 0 atom stereocenters. The fourth-order valence-corrected chi connectivity index (χ4v) is 3.02. The molecule has 1 aliphatic heterocycles. The first-order chi connectivity index (χ1) is 12.2. The number of para-hydroxylation sites is 1. The summed E-state index contributed by atoms with van der Waals surface area (Å²) < 4.78 is 5.55. The average molecular weight is 338 g/mol. The van der Waals surface area contributed by atoms with Crippen LogP contribution in [0.3, 0.4) is 0 Å². The van der Waals surface area contributed by atoms with Crippen LogP contribution in [0.2, 0.25) is 0 Å². The van der Waals surface area contributed by atoms with Gasteiger partial charge in [0.2, 0.25) is 5.91 Å². The summed E-state index contributed by atoms with van der Waals surface area (Å²) in [6, 6.07) is 17.7. The van der Waals surface area contributed by atoms with E-state index in [2.05, 4.69) is 29.3 Å². The Morgan fingerprint density at radius 1 is 1.08 bits per heavy atom. The normalized spacial score (nSPS) is 15.0. The lowest BCUT2D eigenvalue weighted by molar-refractivity contribution is -0.116. The maximum absolute atomic E-state index is 12.0. The van der Waals surface area contributed by atoms with Crippen molar-refractivity contribution < 1.29 is 9.53 Å². The van der Waals surface area contributed by atoms with Crippen LogP contribution in [-0.2, 0) is 4.79 Å². The number of anilines is 2. The van der Waals surface area contributed by atoms with Crippen molar-refractivity contribution in [2.24, 2.45) is 5.92 Å². The minimum atomic E-state index is -0.0320. The highest BCUT2D eigenvalue weighted by Gasteiger charge is 2.15. The number of rotatable bonds is 6. The summed E-state index contributed by atoms with van der Waals surface area (Å²) in [5.74, 6) is 1.58. The van der Waals surface area contributed by atoms with Gasteiger partial charge in [-0.2, -0.15) is 0 Å². The number of piperidine rings is 1. The van der Waals surface area contributed by atoms with E-state index in [1.165, 1.54) is 18.5 Å². The topological polar surface area (TPSA) is 41.6 Å². The number of amides is 1. The molecule has 3 rings (SSSR count). The van der Waals surface area contributed by atoms with E-state index in [1.807, 2.05) is 42.5 Å². The molecule has 1 saturated heterocycles. The van der Waals surface area contributed by atoms with E-state index < -0.39 is 0 Å². The van der Waals surface area contributed by atoms with E-state index in [-0.39, 0.29) is 5.91 Å². The number of ether oxygens (including phenoxy) is 1. The zero-order chi connectivity index (χ0) is 17.5. The van der Waals surface area contributed by atoms with E-state index in [0.717, 1.165) is 30.4 Å². The van der Waals surface area contributed by atoms with Crippen molar-refractivity contribution in [3.63, 3.8) is 0 Å². The first-order valence-corrected chi connectivity index (χ1v) is 9.03. The van der Waals surface area contributed by atoms with E-state index >= 15 is 0 Å². The molecule has 1 amide bonds. The molecule has 1 N–H and O–H groups in total. The Bertz CT molecular complexity index is 662. The van der Waals surface area contributed by atoms with E-state index in [9.17, 15) is 4.79 Å². The van der Waals surface area contributed by atoms with Crippen molar-refractivity contribution in [3.8, 4) is 5.75 Å². The SMILES string of the molecule is CC1CCN(c2ccc(NC(=O)CCOc3ccccc3)cc2)CC1. The lowest BCUT2D eigenvalue weighted by Gasteiger charge is -2.32. The average Bonchev–Trinajstić information content (AvgIpc) is 2.64. The van der Waals surface area contributed by atoms with Crippen LogP contribution >= 0.6 is 0 Å². The molecular formula is C21H26N2O2. The second-order valence-corrected chi connectivity index (χ2v) is 6.68. The maximum Gasteiger partial charge on any atom is 0.227 e. The molecule has 0 radical (unpaired) electrons. The monoisotopic (exact) mass is 338 g/mol. The van der Waals surface area contributed by atoms with Crippen LogP contribution < -0.4 is 15.0 Å². The van der Waals surface area contributed by atoms with E-state index in [1.54, 1.807) is 0 Å². The number of benzene rings is 2. The molecule has 4 heteroatoms. The molecule has 2 aromatic carbocycles. The van der Waals surface area contributed by atoms with Crippen LogP contribution in [0, 0.1) is 5.92 Å². The molecule has 25 heavy (non-hydrogen) atoms. The minimum absolute atomic E-state index is 0.0320. The third kappa shape index (κ3) is 5.24. The smallest absolute Gasteiger partial charge is 0.227 e. The van der Waals surface area contributed by atoms with Crippen LogP contribution in [0.15, 0.2) is 54.6 Å². The van der Waals surface area contributed by atoms with E-state index in [4.69, 9.17) is 4.74 Å². The number of nitrogens with one attached hydrogen (secondary N) is 1. The van der Waals surface area contributed by atoms with Crippen LogP contribution in [0.5, 0.6) is 5.75 Å². The molecule has 2 aromatic rings. The van der Waals surface area contributed by atoms with Crippen molar-refractivity contribution in [1.82, 2.24) is 0 Å². The van der Waals surface area contributed by atoms with Crippen molar-refractivity contribution >= 4 is 17.3 Å². The van der Waals surface area contributed by atoms with Gasteiger partial charge in [0, 0.05) is 24.5 Å². The van der Waals surface area contributed by atoms with Gasteiger partial charge in [0.15, 0.2) is 0 Å². The lowest BCUT2D eigenvalue weighted by atomic mass is 9.99. The Morgan fingerprint density at radius 3 is 2.44 bits per heavy atom. The van der Waals surface area contributed by atoms with Gasteiger partial charge in [0.1, 0.15) is 5.75 Å². The van der Waals surface area contributed by atoms with Gasteiger partial charge in [0.25, 0.3) is 0 Å². The molecule has 0 aliphatic carbocycles. The first-order valence-electron chi connectivity index (χ1n) is 9.03. The highest BCUT2D eigenvalue weighted by molar-refractivity contribution is 5.90. The minimum Gasteiger partial charge on any atom is -0.493 e. The summed E-state index contributed by atoms with van der Waals surface area (Å²) in [4.78, 5) is 14.4. The van der Waals surface area contributed by atoms with Gasteiger partial charge in [-0.15, -0.1) is 0 Å². The number of nitrogens with zero attached hydrogens (tertiary/aromatic N) is 1. The molecular weight excluding hydrogens is 312 g/mol. The van der Waals surface area contributed by atoms with Gasteiger partial charge in [-0.1, -0.05) is 25.1 Å². The molecule has 0 saturated carbocycles. The summed E-state index contributed by atoms with van der Waals surface area (Å²) in [7, 11) is 0. The second kappa shape index (κ2) is 8.56. The van der Waals surface area contributed by atoms with Crippen molar-refractivity contribution in [2.45, 2.75) is 26.2 Å². The summed E-state index contributed by atoms with van der Waals surface area (Å²) >= 11 is 0. The van der Waals surface area contributed by atoms with Gasteiger partial charge in [-0.3, -0.25) is 4.79 Å². The highest BCUT2D eigenvalue weighted by Crippen LogP contribution is 2.24. The first kappa shape index (κ1) is 17.3. The Kier molecular flexibility index (Phi) is 5.94. The van der Waals surface area contributed by atoms with Crippen molar-refractivity contribution in [2.75, 3.05) is 29.9 Å². The summed E-state index contributed by atoms with van der Waals surface area (Å²) in [6.45, 7) is 4.92. The van der Waals surface area contributed by atoms with Crippen molar-refractivity contribution in [3.05, 3.63) is 54.6 Å². The number of hydrogen-bond donors (Lipinski definition) is 1. The summed E-state index contributed by atoms with van der Waals surface area (Å²) in [5.41, 5.74) is 2.07. The molecule has 0 spiro atoms.